The van der Waals surface area contributed by atoms with Crippen LogP contribution in [-0.2, 0) is 0 Å². The highest BCUT2D eigenvalue weighted by Crippen LogP contribution is 2.12. The summed E-state index contributed by atoms with van der Waals surface area (Å²) in [7, 11) is 2.21. The van der Waals surface area contributed by atoms with Crippen molar-refractivity contribution in [1.29, 1.82) is 0 Å². The molecule has 0 aromatic carbocycles. The lowest BCUT2D eigenvalue weighted by molar-refractivity contribution is 0.121. The Hall–Kier alpha value is -0.120. The number of nitrogens with zero attached hydrogens (tertiary/aromatic N) is 3. The second-order valence-corrected chi connectivity index (χ2v) is 4.55. The van der Waals surface area contributed by atoms with Crippen LogP contribution in [0.5, 0.6) is 0 Å². The van der Waals surface area contributed by atoms with Crippen LogP contribution in [0.4, 0.5) is 0 Å². The first-order valence-corrected chi connectivity index (χ1v) is 5.86. The molecule has 2 aliphatic rings. The maximum atomic E-state index is 2.49. The standard InChI is InChI=1S/C11H22N3/c1-12-7-9-14(10-8-12)11-13-5-3-2-4-6-13/h11H,2-10H2,1H3. The first kappa shape index (κ1) is 10.4. The molecule has 14 heavy (non-hydrogen) atoms. The van der Waals surface area contributed by atoms with Gasteiger partial charge in [0.2, 0.25) is 0 Å². The molecule has 2 rings (SSSR count). The van der Waals surface area contributed by atoms with Gasteiger partial charge in [-0.1, -0.05) is 6.42 Å². The first-order chi connectivity index (χ1) is 6.84. The van der Waals surface area contributed by atoms with Crippen LogP contribution in [0.3, 0.4) is 0 Å². The SMILES string of the molecule is CN1CCN([CH]N2CCCCC2)CC1. The van der Waals surface area contributed by atoms with Crippen LogP contribution in [-0.4, -0.2) is 61.0 Å². The molecule has 0 aromatic heterocycles. The van der Waals surface area contributed by atoms with Crippen molar-refractivity contribution in [2.24, 2.45) is 0 Å². The molecule has 3 heteroatoms. The van der Waals surface area contributed by atoms with Crippen LogP contribution >= 0.6 is 0 Å². The maximum absolute atomic E-state index is 2.49. The van der Waals surface area contributed by atoms with Crippen molar-refractivity contribution in [1.82, 2.24) is 14.7 Å². The fourth-order valence-corrected chi connectivity index (χ4v) is 2.20. The number of likely N-dealkylation sites (tertiary alicyclic amines) is 1. The summed E-state index contributed by atoms with van der Waals surface area (Å²) in [5.74, 6) is 0. The van der Waals surface area contributed by atoms with E-state index < -0.39 is 0 Å². The lowest BCUT2D eigenvalue weighted by Crippen LogP contribution is -2.46. The van der Waals surface area contributed by atoms with Crippen LogP contribution in [0, 0.1) is 6.67 Å². The fourth-order valence-electron chi connectivity index (χ4n) is 2.20. The Morgan fingerprint density at radius 1 is 0.714 bits per heavy atom. The average Bonchev–Trinajstić information content (AvgIpc) is 2.23. The highest BCUT2D eigenvalue weighted by Gasteiger charge is 2.18. The summed E-state index contributed by atoms with van der Waals surface area (Å²) in [6, 6.07) is 0. The molecule has 0 amide bonds. The number of hydrogen-bond acceptors (Lipinski definition) is 3. The lowest BCUT2D eigenvalue weighted by Gasteiger charge is -2.36. The Kier molecular flexibility index (Phi) is 3.79. The molecular weight excluding hydrogens is 174 g/mol. The Morgan fingerprint density at radius 3 is 1.93 bits per heavy atom. The number of piperidine rings is 1. The van der Waals surface area contributed by atoms with E-state index in [-0.39, 0.29) is 0 Å². The Bertz CT molecular complexity index is 158. The molecule has 2 aliphatic heterocycles. The highest BCUT2D eigenvalue weighted by molar-refractivity contribution is 4.78. The Morgan fingerprint density at radius 2 is 1.29 bits per heavy atom. The summed E-state index contributed by atoms with van der Waals surface area (Å²) in [5, 5.41) is 0. The van der Waals surface area contributed by atoms with Gasteiger partial charge in [-0.05, 0) is 33.0 Å². The minimum atomic E-state index is 1.20. The molecule has 0 saturated carbocycles. The van der Waals surface area contributed by atoms with E-state index in [1.165, 1.54) is 58.5 Å². The number of hydrogen-bond donors (Lipinski definition) is 0. The van der Waals surface area contributed by atoms with E-state index in [1.807, 2.05) is 0 Å². The third-order valence-electron chi connectivity index (χ3n) is 3.26. The van der Waals surface area contributed by atoms with Crippen molar-refractivity contribution in [3.63, 3.8) is 0 Å². The molecule has 2 heterocycles. The van der Waals surface area contributed by atoms with E-state index in [0.29, 0.717) is 0 Å². The third kappa shape index (κ3) is 2.94. The lowest BCUT2D eigenvalue weighted by atomic mass is 10.1. The van der Waals surface area contributed by atoms with Crippen LogP contribution in [0.1, 0.15) is 19.3 Å². The zero-order valence-corrected chi connectivity index (χ0v) is 9.28. The van der Waals surface area contributed by atoms with Crippen molar-refractivity contribution in [3.05, 3.63) is 6.67 Å². The van der Waals surface area contributed by atoms with Gasteiger partial charge in [-0.2, -0.15) is 0 Å². The second kappa shape index (κ2) is 5.10. The number of piperazine rings is 1. The normalized spacial score (nSPS) is 28.1. The van der Waals surface area contributed by atoms with Crippen molar-refractivity contribution >= 4 is 0 Å². The second-order valence-electron chi connectivity index (χ2n) is 4.55. The van der Waals surface area contributed by atoms with Gasteiger partial charge in [-0.3, -0.25) is 9.80 Å². The molecule has 3 nitrogen and oxygen atoms in total. The minimum absolute atomic E-state index is 1.20. The smallest absolute Gasteiger partial charge is 0.0922 e. The number of rotatable bonds is 2. The van der Waals surface area contributed by atoms with Crippen molar-refractivity contribution < 1.29 is 0 Å². The predicted octanol–water partition coefficient (Wildman–Crippen LogP) is 0.839. The Labute approximate surface area is 87.7 Å². The van der Waals surface area contributed by atoms with Gasteiger partial charge in [0.15, 0.2) is 0 Å². The summed E-state index contributed by atoms with van der Waals surface area (Å²) < 4.78 is 0. The molecule has 81 valence electrons. The highest BCUT2D eigenvalue weighted by atomic mass is 15.3. The van der Waals surface area contributed by atoms with Gasteiger partial charge in [0.25, 0.3) is 0 Å². The van der Waals surface area contributed by atoms with Crippen LogP contribution < -0.4 is 0 Å². The maximum Gasteiger partial charge on any atom is 0.0922 e. The van der Waals surface area contributed by atoms with E-state index in [2.05, 4.69) is 28.4 Å². The molecule has 0 atom stereocenters. The molecule has 1 radical (unpaired) electrons. The molecule has 0 N–H and O–H groups in total. The fraction of sp³-hybridized carbons (Fsp3) is 0.909. The zero-order valence-electron chi connectivity index (χ0n) is 9.28. The van der Waals surface area contributed by atoms with Gasteiger partial charge < -0.3 is 4.90 Å². The summed E-state index contributed by atoms with van der Waals surface area (Å²) in [4.78, 5) is 7.38. The van der Waals surface area contributed by atoms with Gasteiger partial charge >= 0.3 is 0 Å². The molecule has 2 fully saturated rings. The molecule has 0 bridgehead atoms. The van der Waals surface area contributed by atoms with E-state index in [0.717, 1.165) is 0 Å². The minimum Gasteiger partial charge on any atom is -0.304 e. The third-order valence-corrected chi connectivity index (χ3v) is 3.26. The average molecular weight is 196 g/mol. The van der Waals surface area contributed by atoms with Gasteiger partial charge in [0.05, 0.1) is 6.67 Å². The van der Waals surface area contributed by atoms with Crippen molar-refractivity contribution in [3.8, 4) is 0 Å². The summed E-state index contributed by atoms with van der Waals surface area (Å²) in [6.45, 7) is 9.74. The zero-order chi connectivity index (χ0) is 9.80. The van der Waals surface area contributed by atoms with E-state index in [4.69, 9.17) is 0 Å². The Balaban J connectivity index is 1.68. The van der Waals surface area contributed by atoms with Crippen LogP contribution in [0.25, 0.3) is 0 Å². The van der Waals surface area contributed by atoms with E-state index in [9.17, 15) is 0 Å². The van der Waals surface area contributed by atoms with Crippen molar-refractivity contribution in [2.45, 2.75) is 19.3 Å². The van der Waals surface area contributed by atoms with Gasteiger partial charge in [0, 0.05) is 26.2 Å². The van der Waals surface area contributed by atoms with Gasteiger partial charge in [-0.25, -0.2) is 0 Å². The predicted molar refractivity (Wildman–Crippen MR) is 58.8 cm³/mol. The summed E-state index contributed by atoms with van der Waals surface area (Å²) in [6.07, 6.45) is 4.18. The van der Waals surface area contributed by atoms with Crippen molar-refractivity contribution in [2.75, 3.05) is 46.3 Å². The summed E-state index contributed by atoms with van der Waals surface area (Å²) in [5.41, 5.74) is 0. The largest absolute Gasteiger partial charge is 0.304 e. The van der Waals surface area contributed by atoms with Gasteiger partial charge in [-0.15, -0.1) is 0 Å². The van der Waals surface area contributed by atoms with E-state index in [1.54, 1.807) is 0 Å². The summed E-state index contributed by atoms with van der Waals surface area (Å²) >= 11 is 0. The van der Waals surface area contributed by atoms with Crippen LogP contribution in [0.2, 0.25) is 0 Å². The number of likely N-dealkylation sites (N-methyl/N-ethyl adjacent to an activating group) is 1. The molecule has 0 aromatic rings. The monoisotopic (exact) mass is 196 g/mol. The molecular formula is C11H22N3. The molecule has 0 aliphatic carbocycles. The van der Waals surface area contributed by atoms with Crippen LogP contribution in [0.15, 0.2) is 0 Å². The molecule has 0 unspecified atom stereocenters. The quantitative estimate of drug-likeness (QED) is 0.648. The van der Waals surface area contributed by atoms with Gasteiger partial charge in [0.1, 0.15) is 0 Å². The van der Waals surface area contributed by atoms with E-state index >= 15 is 0 Å². The molecule has 2 saturated heterocycles. The topological polar surface area (TPSA) is 9.72 Å². The molecule has 0 spiro atoms. The first-order valence-electron chi connectivity index (χ1n) is 5.86.